The van der Waals surface area contributed by atoms with Crippen LogP contribution < -0.4 is 26.2 Å². The number of anilines is 4. The summed E-state index contributed by atoms with van der Waals surface area (Å²) < 4.78 is 11.9. The maximum absolute atomic E-state index is 13.6. The van der Waals surface area contributed by atoms with Crippen LogP contribution in [0.2, 0.25) is 5.28 Å². The van der Waals surface area contributed by atoms with Crippen molar-refractivity contribution >= 4 is 41.0 Å². The van der Waals surface area contributed by atoms with E-state index in [4.69, 9.17) is 26.3 Å². The number of aryl methyl sites for hydroxylation is 1. The highest BCUT2D eigenvalue weighted by atomic mass is 35.5. The number of amides is 2. The van der Waals surface area contributed by atoms with Crippen LogP contribution in [0, 0.1) is 22.7 Å². The van der Waals surface area contributed by atoms with Gasteiger partial charge in [-0.3, -0.25) is 9.58 Å². The van der Waals surface area contributed by atoms with E-state index < -0.39 is 0 Å². The van der Waals surface area contributed by atoms with Gasteiger partial charge >= 0.3 is 6.03 Å². The molecule has 0 radical (unpaired) electrons. The van der Waals surface area contributed by atoms with Crippen LogP contribution in [0.3, 0.4) is 0 Å². The summed E-state index contributed by atoms with van der Waals surface area (Å²) in [7, 11) is 1.85. The quantitative estimate of drug-likeness (QED) is 0.137. The summed E-state index contributed by atoms with van der Waals surface area (Å²) in [5.74, 6) is 1.96. The number of urea groups is 1. The first-order chi connectivity index (χ1) is 27.8. The molecule has 0 bridgehead atoms. The van der Waals surface area contributed by atoms with E-state index in [-0.39, 0.29) is 35.5 Å². The molecule has 19 heteroatoms. The highest BCUT2D eigenvalue weighted by Crippen LogP contribution is 2.29. The average molecular weight is 790 g/mol. The van der Waals surface area contributed by atoms with Gasteiger partial charge in [0.1, 0.15) is 34.9 Å². The number of aromatic nitrogens is 8. The minimum atomic E-state index is -0.213. The Labute approximate surface area is 333 Å². The third-order valence-corrected chi connectivity index (χ3v) is 9.73. The normalized spacial score (nSPS) is 17.6. The second-order valence-electron chi connectivity index (χ2n) is 13.7. The lowest BCUT2D eigenvalue weighted by molar-refractivity contribution is 0.0209. The second kappa shape index (κ2) is 18.4. The maximum atomic E-state index is 13.6. The number of ether oxygens (including phenoxy) is 2. The first kappa shape index (κ1) is 38.8. The molecule has 0 spiro atoms. The van der Waals surface area contributed by atoms with Gasteiger partial charge in [-0.05, 0) is 55.0 Å². The number of benzene rings is 1. The number of nitrogens with one attached hydrogen (secondary N) is 4. The third kappa shape index (κ3) is 10.0. The second-order valence-corrected chi connectivity index (χ2v) is 14.0. The zero-order valence-corrected chi connectivity index (χ0v) is 31.8. The highest BCUT2D eigenvalue weighted by Gasteiger charge is 2.32. The number of hydrogen-bond donors (Lipinski definition) is 4. The third-order valence-electron chi connectivity index (χ3n) is 9.55. The van der Waals surface area contributed by atoms with Crippen molar-refractivity contribution in [1.82, 2.24) is 45.2 Å². The Kier molecular flexibility index (Phi) is 12.6. The number of carbonyl (C=O) groups excluding carboxylic acids is 1. The van der Waals surface area contributed by atoms with Gasteiger partial charge < -0.3 is 30.7 Å². The van der Waals surface area contributed by atoms with Gasteiger partial charge in [-0.2, -0.15) is 25.6 Å². The van der Waals surface area contributed by atoms with Crippen molar-refractivity contribution in [2.45, 2.75) is 56.4 Å². The number of halogens is 1. The molecule has 0 unspecified atom stereocenters. The molecule has 2 saturated heterocycles. The van der Waals surface area contributed by atoms with E-state index in [1.807, 2.05) is 61.8 Å². The van der Waals surface area contributed by atoms with E-state index in [9.17, 15) is 10.1 Å². The van der Waals surface area contributed by atoms with Crippen LogP contribution in [0.1, 0.15) is 42.4 Å². The predicted octanol–water partition coefficient (Wildman–Crippen LogP) is 4.30. The van der Waals surface area contributed by atoms with Crippen LogP contribution in [0.15, 0.2) is 67.3 Å². The van der Waals surface area contributed by atoms with Crippen molar-refractivity contribution in [3.63, 3.8) is 0 Å². The predicted molar refractivity (Wildman–Crippen MR) is 210 cm³/mol. The van der Waals surface area contributed by atoms with E-state index >= 15 is 0 Å². The van der Waals surface area contributed by atoms with Gasteiger partial charge in [0.05, 0.1) is 62.8 Å². The number of nitrogens with zero attached hydrogens (tertiary/aromatic N) is 11. The van der Waals surface area contributed by atoms with E-state index in [0.717, 1.165) is 36.8 Å². The smallest absolute Gasteiger partial charge is 0.323 e. The minimum absolute atomic E-state index is 0.0647. The number of hydrogen-bond acceptors (Lipinski definition) is 15. The Morgan fingerprint density at radius 2 is 1.51 bits per heavy atom. The van der Waals surface area contributed by atoms with Crippen molar-refractivity contribution < 1.29 is 14.3 Å². The molecule has 1 aromatic carbocycles. The SMILES string of the molecule is Cn1cc(-c2ccc(N(C(=O)NCc3ccccc3)[C@H]3CC[C@H](Nc4ncc(C#N)c(NC5COC5)n4)CC3)nn2)cn1.N#Cc1cnc(Cl)nc1NC1COC1. The van der Waals surface area contributed by atoms with Crippen molar-refractivity contribution in [2.24, 2.45) is 7.05 Å². The molecule has 292 valence electrons. The maximum Gasteiger partial charge on any atom is 0.323 e. The Hall–Kier alpha value is -6.47. The molecule has 5 aromatic rings. The average Bonchev–Trinajstić information content (AvgIpc) is 3.65. The monoisotopic (exact) mass is 789 g/mol. The molecule has 4 aromatic heterocycles. The van der Waals surface area contributed by atoms with Crippen molar-refractivity contribution in [1.29, 1.82) is 10.5 Å². The van der Waals surface area contributed by atoms with Crippen molar-refractivity contribution in [3.8, 4) is 23.4 Å². The Morgan fingerprint density at radius 1 is 0.842 bits per heavy atom. The van der Waals surface area contributed by atoms with E-state index in [2.05, 4.69) is 62.6 Å². The fourth-order valence-electron chi connectivity index (χ4n) is 6.36. The van der Waals surface area contributed by atoms with Crippen molar-refractivity contribution in [2.75, 3.05) is 47.3 Å². The van der Waals surface area contributed by atoms with Crippen LogP contribution in [0.25, 0.3) is 11.3 Å². The van der Waals surface area contributed by atoms with Gasteiger partial charge in [0, 0.05) is 37.4 Å². The Balaban J connectivity index is 0.000000297. The molecule has 4 N–H and O–H groups in total. The minimum Gasteiger partial charge on any atom is -0.377 e. The fourth-order valence-corrected chi connectivity index (χ4v) is 6.49. The lowest BCUT2D eigenvalue weighted by atomic mass is 9.90. The van der Waals surface area contributed by atoms with Crippen LogP contribution in [-0.4, -0.2) is 96.5 Å². The molecule has 1 saturated carbocycles. The Morgan fingerprint density at radius 3 is 2.09 bits per heavy atom. The highest BCUT2D eigenvalue weighted by molar-refractivity contribution is 6.28. The zero-order valence-electron chi connectivity index (χ0n) is 31.0. The van der Waals surface area contributed by atoms with E-state index in [1.54, 1.807) is 15.8 Å². The molecule has 3 fully saturated rings. The van der Waals surface area contributed by atoms with Gasteiger partial charge in [0.2, 0.25) is 11.2 Å². The summed E-state index contributed by atoms with van der Waals surface area (Å²) in [4.78, 5) is 31.9. The molecule has 0 atom stereocenters. The lowest BCUT2D eigenvalue weighted by Crippen LogP contribution is -2.49. The molecule has 3 aliphatic rings. The van der Waals surface area contributed by atoms with Gasteiger partial charge in [0.15, 0.2) is 5.82 Å². The van der Waals surface area contributed by atoms with Crippen molar-refractivity contribution in [3.05, 3.63) is 89.2 Å². The van der Waals surface area contributed by atoms with Crippen LogP contribution >= 0.6 is 11.6 Å². The summed E-state index contributed by atoms with van der Waals surface area (Å²) in [6.07, 6.45) is 9.66. The molecule has 1 aliphatic carbocycles. The van der Waals surface area contributed by atoms with E-state index in [1.165, 1.54) is 12.4 Å². The van der Waals surface area contributed by atoms with Crippen LogP contribution in [-0.2, 0) is 23.1 Å². The number of rotatable bonds is 11. The van der Waals surface area contributed by atoms with E-state index in [0.29, 0.717) is 73.2 Å². The molecule has 2 amide bonds. The first-order valence-corrected chi connectivity index (χ1v) is 18.8. The van der Waals surface area contributed by atoms with Gasteiger partial charge in [-0.15, -0.1) is 10.2 Å². The van der Waals surface area contributed by atoms with Crippen LogP contribution in [0.5, 0.6) is 0 Å². The molecule has 6 heterocycles. The Bertz CT molecular complexity index is 2210. The molecule has 18 nitrogen and oxygen atoms in total. The van der Waals surface area contributed by atoms with Gasteiger partial charge in [0.25, 0.3) is 0 Å². The first-order valence-electron chi connectivity index (χ1n) is 18.4. The molecule has 57 heavy (non-hydrogen) atoms. The number of carbonyl (C=O) groups is 1. The summed E-state index contributed by atoms with van der Waals surface area (Å²) in [5.41, 5.74) is 3.35. The van der Waals surface area contributed by atoms with Gasteiger partial charge in [-0.1, -0.05) is 30.3 Å². The largest absolute Gasteiger partial charge is 0.377 e. The molecule has 8 rings (SSSR count). The molecular weight excluding hydrogens is 750 g/mol. The number of nitriles is 2. The lowest BCUT2D eigenvalue weighted by Gasteiger charge is -2.36. The summed E-state index contributed by atoms with van der Waals surface area (Å²) in [6.45, 7) is 2.86. The zero-order chi connectivity index (χ0) is 39.6. The summed E-state index contributed by atoms with van der Waals surface area (Å²) >= 11 is 5.62. The fraction of sp³-hybridized carbons (Fsp3) is 0.368. The summed E-state index contributed by atoms with van der Waals surface area (Å²) in [6, 6.07) is 17.9. The van der Waals surface area contributed by atoms with Crippen LogP contribution in [0.4, 0.5) is 28.2 Å². The van der Waals surface area contributed by atoms with Gasteiger partial charge in [-0.25, -0.2) is 14.8 Å². The summed E-state index contributed by atoms with van der Waals surface area (Å²) in [5, 5.41) is 44.3. The molecular formula is C38H40ClN15O3. The standard InChI is InChI=1S/C30H33N11O2.C8H7ClN4O/c1-40-17-22(16-34-40)26-11-12-27(39-38-26)41(30(42)33-14-20-5-3-2-4-6-20)25-9-7-23(8-10-25)36-29-32-15-21(13-31)28(37-29)35-24-18-43-19-24;9-8-11-2-5(1-10)7(13-8)12-6-3-14-4-6/h2-6,11-12,15-17,23-25H,7-10,14,18-19H2,1H3,(H,33,42)(H2,32,35,36,37);2,6H,3-4H2,(H,11,12,13)/t23-,25-;. The topological polar surface area (TPSA) is 230 Å². The molecule has 2 aliphatic heterocycles.